The van der Waals surface area contributed by atoms with Gasteiger partial charge in [0.15, 0.2) is 0 Å². The van der Waals surface area contributed by atoms with Crippen molar-refractivity contribution in [1.29, 1.82) is 0 Å². The van der Waals surface area contributed by atoms with E-state index in [1.165, 1.54) is 120 Å². The average Bonchev–Trinajstić information content (AvgIpc) is 2.85. The van der Waals surface area contributed by atoms with Crippen LogP contribution in [0.5, 0.6) is 0 Å². The summed E-state index contributed by atoms with van der Waals surface area (Å²) in [5.41, 5.74) is 3.23. The maximum absolute atomic E-state index is 2.39. The highest BCUT2D eigenvalue weighted by molar-refractivity contribution is 5.39. The molecule has 0 unspecified atom stereocenters. The molecule has 0 heteroatoms. The summed E-state index contributed by atoms with van der Waals surface area (Å²) in [5.74, 6) is 0. The van der Waals surface area contributed by atoms with Crippen LogP contribution >= 0.6 is 0 Å². The van der Waals surface area contributed by atoms with Crippen molar-refractivity contribution in [3.63, 3.8) is 0 Å². The number of rotatable bonds is 19. The van der Waals surface area contributed by atoms with Gasteiger partial charge in [-0.25, -0.2) is 0 Å². The lowest BCUT2D eigenvalue weighted by molar-refractivity contribution is 0.389. The Hall–Kier alpha value is -1.56. The molecule has 32 heavy (non-hydrogen) atoms. The Kier molecular flexibility index (Phi) is 14.2. The van der Waals surface area contributed by atoms with Gasteiger partial charge in [-0.2, -0.15) is 0 Å². The van der Waals surface area contributed by atoms with Crippen LogP contribution in [0.2, 0.25) is 0 Å². The number of benzene rings is 2. The van der Waals surface area contributed by atoms with E-state index in [9.17, 15) is 0 Å². The van der Waals surface area contributed by atoms with E-state index in [0.717, 1.165) is 0 Å². The van der Waals surface area contributed by atoms with Crippen molar-refractivity contribution in [2.75, 3.05) is 0 Å². The maximum Gasteiger partial charge on any atom is 0.0202 e. The smallest absolute Gasteiger partial charge is 0.0202 e. The first-order valence-electron chi connectivity index (χ1n) is 13.9. The first kappa shape index (κ1) is 26.7. The van der Waals surface area contributed by atoms with Crippen LogP contribution in [0.25, 0.3) is 0 Å². The Balaban J connectivity index is 2.02. The third-order valence-electron chi connectivity index (χ3n) is 7.32. The van der Waals surface area contributed by atoms with Gasteiger partial charge in [-0.05, 0) is 24.0 Å². The zero-order chi connectivity index (χ0) is 22.7. The van der Waals surface area contributed by atoms with E-state index in [4.69, 9.17) is 0 Å². The SMILES string of the molecule is CCCCCCCCCCC(CCCCCCCCC)(c1ccccc1)c1ccccc1. The maximum atomic E-state index is 2.39. The van der Waals surface area contributed by atoms with Gasteiger partial charge >= 0.3 is 0 Å². The van der Waals surface area contributed by atoms with Crippen LogP contribution in [0.4, 0.5) is 0 Å². The van der Waals surface area contributed by atoms with Crippen LogP contribution in [0.1, 0.15) is 134 Å². The van der Waals surface area contributed by atoms with Crippen LogP contribution < -0.4 is 0 Å². The van der Waals surface area contributed by atoms with Crippen molar-refractivity contribution in [2.45, 2.75) is 128 Å². The third kappa shape index (κ3) is 9.51. The fraction of sp³-hybridized carbons (Fsp3) is 0.625. The Labute approximate surface area is 200 Å². The topological polar surface area (TPSA) is 0 Å². The van der Waals surface area contributed by atoms with Crippen LogP contribution in [0.15, 0.2) is 60.7 Å². The molecule has 2 rings (SSSR count). The summed E-state index contributed by atoms with van der Waals surface area (Å²) in [6.45, 7) is 4.61. The highest BCUT2D eigenvalue weighted by Gasteiger charge is 2.32. The minimum Gasteiger partial charge on any atom is -0.0654 e. The van der Waals surface area contributed by atoms with Crippen molar-refractivity contribution in [3.8, 4) is 0 Å². The van der Waals surface area contributed by atoms with E-state index < -0.39 is 0 Å². The second kappa shape index (κ2) is 17.0. The molecule has 2 aromatic carbocycles. The minimum atomic E-state index is 0.175. The summed E-state index contributed by atoms with van der Waals surface area (Å²) in [4.78, 5) is 0. The molecule has 0 radical (unpaired) electrons. The standard InChI is InChI=1S/C32H50/c1-3-5-7-9-11-13-15-23-29-32(30-24-18-16-19-25-30,31-26-20-17-21-27-31)28-22-14-12-10-8-6-4-2/h16-21,24-27H,3-15,22-23,28-29H2,1-2H3. The quantitative estimate of drug-likeness (QED) is 0.193. The summed E-state index contributed by atoms with van der Waals surface area (Å²) in [5, 5.41) is 0. The molecule has 0 amide bonds. The van der Waals surface area contributed by atoms with E-state index in [1.807, 2.05) is 0 Å². The van der Waals surface area contributed by atoms with Crippen LogP contribution in [-0.4, -0.2) is 0 Å². The predicted molar refractivity (Wildman–Crippen MR) is 144 cm³/mol. The molecule has 0 N–H and O–H groups in total. The van der Waals surface area contributed by atoms with Gasteiger partial charge in [-0.3, -0.25) is 0 Å². The Bertz CT molecular complexity index is 617. The van der Waals surface area contributed by atoms with E-state index in [1.54, 1.807) is 0 Å². The fourth-order valence-corrected chi connectivity index (χ4v) is 5.33. The molecule has 2 aromatic rings. The zero-order valence-electron chi connectivity index (χ0n) is 21.3. The van der Waals surface area contributed by atoms with Crippen molar-refractivity contribution in [3.05, 3.63) is 71.8 Å². The number of hydrogen-bond acceptors (Lipinski definition) is 0. The minimum absolute atomic E-state index is 0.175. The molecule has 0 saturated carbocycles. The first-order chi connectivity index (χ1) is 15.8. The summed E-state index contributed by atoms with van der Waals surface area (Å²) in [7, 11) is 0. The van der Waals surface area contributed by atoms with Gasteiger partial charge in [0.2, 0.25) is 0 Å². The highest BCUT2D eigenvalue weighted by Crippen LogP contribution is 2.42. The van der Waals surface area contributed by atoms with Gasteiger partial charge in [0.1, 0.15) is 0 Å². The van der Waals surface area contributed by atoms with Crippen LogP contribution in [0, 0.1) is 0 Å². The molecule has 0 bridgehead atoms. The lowest BCUT2D eigenvalue weighted by Crippen LogP contribution is -2.28. The van der Waals surface area contributed by atoms with E-state index in [-0.39, 0.29) is 5.41 Å². The highest BCUT2D eigenvalue weighted by atomic mass is 14.4. The predicted octanol–water partition coefficient (Wildman–Crippen LogP) is 10.6. The molecule has 0 spiro atoms. The van der Waals surface area contributed by atoms with E-state index >= 15 is 0 Å². The molecule has 178 valence electrons. The summed E-state index contributed by atoms with van der Waals surface area (Å²) >= 11 is 0. The molecule has 0 fully saturated rings. The molecule has 0 saturated heterocycles. The fourth-order valence-electron chi connectivity index (χ4n) is 5.33. The van der Waals surface area contributed by atoms with E-state index in [0.29, 0.717) is 0 Å². The lowest BCUT2D eigenvalue weighted by Gasteiger charge is -2.36. The molecule has 0 nitrogen and oxygen atoms in total. The number of hydrogen-bond donors (Lipinski definition) is 0. The van der Waals surface area contributed by atoms with Gasteiger partial charge in [-0.1, -0.05) is 171 Å². The molecule has 0 aliphatic rings. The van der Waals surface area contributed by atoms with Crippen molar-refractivity contribution < 1.29 is 0 Å². The van der Waals surface area contributed by atoms with Crippen molar-refractivity contribution >= 4 is 0 Å². The lowest BCUT2D eigenvalue weighted by atomic mass is 9.68. The molecule has 0 atom stereocenters. The molecule has 0 heterocycles. The molecule has 0 aromatic heterocycles. The first-order valence-corrected chi connectivity index (χ1v) is 13.9. The van der Waals surface area contributed by atoms with Crippen molar-refractivity contribution in [2.24, 2.45) is 0 Å². The van der Waals surface area contributed by atoms with Gasteiger partial charge in [0, 0.05) is 5.41 Å². The second-order valence-electron chi connectivity index (χ2n) is 9.91. The molecular formula is C32H50. The summed E-state index contributed by atoms with van der Waals surface area (Å²) in [6, 6.07) is 22.9. The summed E-state index contributed by atoms with van der Waals surface area (Å²) in [6.07, 6.45) is 23.4. The Morgan fingerprint density at radius 2 is 0.719 bits per heavy atom. The van der Waals surface area contributed by atoms with Gasteiger partial charge < -0.3 is 0 Å². The average molecular weight is 435 g/mol. The Morgan fingerprint density at radius 3 is 1.06 bits per heavy atom. The van der Waals surface area contributed by atoms with Gasteiger partial charge in [0.05, 0.1) is 0 Å². The number of unbranched alkanes of at least 4 members (excludes halogenated alkanes) is 13. The van der Waals surface area contributed by atoms with Crippen molar-refractivity contribution in [1.82, 2.24) is 0 Å². The monoisotopic (exact) mass is 434 g/mol. The summed E-state index contributed by atoms with van der Waals surface area (Å²) < 4.78 is 0. The normalized spacial score (nSPS) is 11.7. The third-order valence-corrected chi connectivity index (χ3v) is 7.32. The Morgan fingerprint density at radius 1 is 0.406 bits per heavy atom. The molecule has 0 aliphatic heterocycles. The molecule has 0 aliphatic carbocycles. The van der Waals surface area contributed by atoms with Crippen LogP contribution in [-0.2, 0) is 5.41 Å². The van der Waals surface area contributed by atoms with Gasteiger partial charge in [-0.15, -0.1) is 0 Å². The second-order valence-corrected chi connectivity index (χ2v) is 9.91. The van der Waals surface area contributed by atoms with E-state index in [2.05, 4.69) is 74.5 Å². The van der Waals surface area contributed by atoms with Gasteiger partial charge in [0.25, 0.3) is 0 Å². The van der Waals surface area contributed by atoms with Crippen LogP contribution in [0.3, 0.4) is 0 Å². The molecular weight excluding hydrogens is 384 g/mol. The largest absolute Gasteiger partial charge is 0.0654 e. The zero-order valence-corrected chi connectivity index (χ0v) is 21.3.